The summed E-state index contributed by atoms with van der Waals surface area (Å²) in [6.07, 6.45) is 0. The Hall–Kier alpha value is -2.65. The number of aryl methyl sites for hydroxylation is 1. The van der Waals surface area contributed by atoms with Crippen LogP contribution >= 0.6 is 12.0 Å². The number of halogens is 6. The SMILES string of the molecule is Cc1cc(C#N)ccc1-c1ccc2c(c1)cc(OSC(F)(F)F)n2S(=O)C(F)(F)F. The van der Waals surface area contributed by atoms with Gasteiger partial charge in [-0.15, -0.1) is 0 Å². The van der Waals surface area contributed by atoms with Crippen molar-refractivity contribution in [3.05, 3.63) is 53.6 Å². The van der Waals surface area contributed by atoms with E-state index in [-0.39, 0.29) is 14.9 Å². The fourth-order valence-corrected chi connectivity index (χ4v) is 3.97. The standard InChI is InChI=1S/C18H10F6N2O2S2/c1-10-6-11(9-25)2-4-14(10)12-3-5-15-13(7-12)8-16(28-29-17(19,20)21)26(15)30(27)18(22,23)24/h2-8H,1H3. The number of rotatable bonds is 4. The van der Waals surface area contributed by atoms with Crippen LogP contribution in [0.1, 0.15) is 11.1 Å². The number of hydrogen-bond donors (Lipinski definition) is 0. The van der Waals surface area contributed by atoms with E-state index in [0.717, 1.165) is 11.6 Å². The molecule has 3 aromatic rings. The molecule has 0 amide bonds. The van der Waals surface area contributed by atoms with Gasteiger partial charge in [0.25, 0.3) is 0 Å². The van der Waals surface area contributed by atoms with Crippen LogP contribution in [0.15, 0.2) is 42.5 Å². The molecular weight excluding hydrogens is 454 g/mol. The number of hydrogen-bond acceptors (Lipinski definition) is 4. The van der Waals surface area contributed by atoms with Crippen molar-refractivity contribution in [2.75, 3.05) is 0 Å². The highest BCUT2D eigenvalue weighted by Crippen LogP contribution is 2.39. The Morgan fingerprint density at radius 1 is 1.07 bits per heavy atom. The van der Waals surface area contributed by atoms with Crippen molar-refractivity contribution in [3.63, 3.8) is 0 Å². The summed E-state index contributed by atoms with van der Waals surface area (Å²) in [6, 6.07) is 11.9. The molecule has 0 aliphatic heterocycles. The highest BCUT2D eigenvalue weighted by Gasteiger charge is 2.41. The molecule has 1 unspecified atom stereocenters. The molecule has 3 rings (SSSR count). The third-order valence-electron chi connectivity index (χ3n) is 3.98. The van der Waals surface area contributed by atoms with E-state index in [9.17, 15) is 30.6 Å². The molecule has 0 fully saturated rings. The molecule has 1 aromatic heterocycles. The van der Waals surface area contributed by atoms with E-state index in [1.165, 1.54) is 18.2 Å². The lowest BCUT2D eigenvalue weighted by Gasteiger charge is -2.13. The summed E-state index contributed by atoms with van der Waals surface area (Å²) in [7, 11) is -3.67. The van der Waals surface area contributed by atoms with Gasteiger partial charge in [-0.1, -0.05) is 12.1 Å². The Morgan fingerprint density at radius 3 is 2.33 bits per heavy atom. The van der Waals surface area contributed by atoms with Crippen molar-refractivity contribution in [2.45, 2.75) is 17.9 Å². The lowest BCUT2D eigenvalue weighted by atomic mass is 9.98. The van der Waals surface area contributed by atoms with Crippen LogP contribution in [0.25, 0.3) is 22.0 Å². The molecule has 158 valence electrons. The highest BCUT2D eigenvalue weighted by atomic mass is 32.2. The van der Waals surface area contributed by atoms with Crippen LogP contribution in [0, 0.1) is 18.3 Å². The van der Waals surface area contributed by atoms with Gasteiger partial charge in [0.2, 0.25) is 16.9 Å². The van der Waals surface area contributed by atoms with Gasteiger partial charge in [-0.05, 0) is 47.9 Å². The number of fused-ring (bicyclic) bond motifs is 1. The third kappa shape index (κ3) is 4.57. The van der Waals surface area contributed by atoms with Crippen LogP contribution in [-0.2, 0) is 11.0 Å². The van der Waals surface area contributed by atoms with Crippen LogP contribution in [-0.4, -0.2) is 19.2 Å². The topological polar surface area (TPSA) is 55.0 Å². The number of nitriles is 1. The number of benzene rings is 2. The zero-order valence-electron chi connectivity index (χ0n) is 14.8. The zero-order chi connectivity index (χ0) is 22.3. The summed E-state index contributed by atoms with van der Waals surface area (Å²) in [5.41, 5.74) is -7.93. The second-order valence-electron chi connectivity index (χ2n) is 6.00. The van der Waals surface area contributed by atoms with Crippen LogP contribution in [0.5, 0.6) is 5.88 Å². The lowest BCUT2D eigenvalue weighted by molar-refractivity contribution is -0.0393. The average Bonchev–Trinajstić information content (AvgIpc) is 3.01. The van der Waals surface area contributed by atoms with Gasteiger partial charge in [-0.25, -0.2) is 8.18 Å². The second kappa shape index (κ2) is 7.88. The lowest BCUT2D eigenvalue weighted by Crippen LogP contribution is -2.23. The van der Waals surface area contributed by atoms with Crippen molar-refractivity contribution in [1.82, 2.24) is 3.97 Å². The van der Waals surface area contributed by atoms with Crippen molar-refractivity contribution in [3.8, 4) is 23.1 Å². The summed E-state index contributed by atoms with van der Waals surface area (Å²) in [5, 5.41) is 9.06. The van der Waals surface area contributed by atoms with Gasteiger partial charge in [0, 0.05) is 11.5 Å². The molecule has 0 aliphatic rings. The van der Waals surface area contributed by atoms with Gasteiger partial charge in [0.05, 0.1) is 17.1 Å². The zero-order valence-corrected chi connectivity index (χ0v) is 16.5. The number of nitrogens with zero attached hydrogens (tertiary/aromatic N) is 2. The average molecular weight is 464 g/mol. The molecule has 0 radical (unpaired) electrons. The smallest absolute Gasteiger partial charge is 0.398 e. The summed E-state index contributed by atoms with van der Waals surface area (Å²) in [4.78, 5) is 0. The Labute approximate surface area is 172 Å². The summed E-state index contributed by atoms with van der Waals surface area (Å²) in [5.74, 6) is -0.850. The van der Waals surface area contributed by atoms with E-state index >= 15 is 0 Å². The molecule has 1 heterocycles. The maximum atomic E-state index is 13.0. The van der Waals surface area contributed by atoms with Crippen molar-refractivity contribution >= 4 is 33.9 Å². The van der Waals surface area contributed by atoms with E-state index in [0.29, 0.717) is 16.7 Å². The molecule has 12 heteroatoms. The van der Waals surface area contributed by atoms with Gasteiger partial charge >= 0.3 is 11.0 Å². The van der Waals surface area contributed by atoms with E-state index in [2.05, 4.69) is 4.18 Å². The first kappa shape index (κ1) is 22.0. The normalized spacial score (nSPS) is 13.3. The molecule has 1 atom stereocenters. The first-order chi connectivity index (χ1) is 13.9. The molecule has 0 aliphatic carbocycles. The van der Waals surface area contributed by atoms with E-state index in [1.54, 1.807) is 25.1 Å². The van der Waals surface area contributed by atoms with Crippen LogP contribution in [0.3, 0.4) is 0 Å². The quantitative estimate of drug-likeness (QED) is 0.348. The summed E-state index contributed by atoms with van der Waals surface area (Å²) < 4.78 is 93.0. The number of aromatic nitrogens is 1. The minimum Gasteiger partial charge on any atom is -0.398 e. The Bertz CT molecular complexity index is 1180. The summed E-state index contributed by atoms with van der Waals surface area (Å²) in [6.45, 7) is 1.73. The molecular formula is C18H10F6N2O2S2. The molecule has 0 saturated carbocycles. The third-order valence-corrected chi connectivity index (χ3v) is 5.52. The molecule has 0 bridgehead atoms. The largest absolute Gasteiger partial charge is 0.491 e. The second-order valence-corrected chi connectivity index (χ2v) is 8.12. The Morgan fingerprint density at radius 2 is 1.77 bits per heavy atom. The molecule has 30 heavy (non-hydrogen) atoms. The van der Waals surface area contributed by atoms with Crippen molar-refractivity contribution < 1.29 is 34.7 Å². The minimum absolute atomic E-state index is 0.103. The van der Waals surface area contributed by atoms with Gasteiger partial charge < -0.3 is 4.18 Å². The predicted octanol–water partition coefficient (Wildman–Crippen LogP) is 6.07. The molecule has 0 N–H and O–H groups in total. The number of alkyl halides is 6. The van der Waals surface area contributed by atoms with Crippen molar-refractivity contribution in [1.29, 1.82) is 5.26 Å². The van der Waals surface area contributed by atoms with E-state index in [1.807, 2.05) is 6.07 Å². The molecule has 0 saturated heterocycles. The maximum Gasteiger partial charge on any atom is 0.491 e. The van der Waals surface area contributed by atoms with Gasteiger partial charge in [-0.2, -0.15) is 31.6 Å². The fourth-order valence-electron chi connectivity index (χ4n) is 2.81. The highest BCUT2D eigenvalue weighted by molar-refractivity contribution is 7.95. The fraction of sp³-hybridized carbons (Fsp3) is 0.167. The molecule has 0 spiro atoms. The Kier molecular flexibility index (Phi) is 5.79. The monoisotopic (exact) mass is 464 g/mol. The predicted molar refractivity (Wildman–Crippen MR) is 101 cm³/mol. The van der Waals surface area contributed by atoms with Gasteiger partial charge in [0.1, 0.15) is 0 Å². The summed E-state index contributed by atoms with van der Waals surface area (Å²) >= 11 is -1.00. The molecule has 2 aromatic carbocycles. The van der Waals surface area contributed by atoms with E-state index in [4.69, 9.17) is 5.26 Å². The van der Waals surface area contributed by atoms with Gasteiger partial charge in [-0.3, -0.25) is 0 Å². The van der Waals surface area contributed by atoms with Crippen LogP contribution in [0.4, 0.5) is 26.3 Å². The maximum absolute atomic E-state index is 13.0. The first-order valence-corrected chi connectivity index (χ1v) is 9.83. The molecule has 4 nitrogen and oxygen atoms in total. The van der Waals surface area contributed by atoms with Crippen molar-refractivity contribution in [2.24, 2.45) is 0 Å². The van der Waals surface area contributed by atoms with E-state index < -0.39 is 39.9 Å². The van der Waals surface area contributed by atoms with Crippen LogP contribution < -0.4 is 4.18 Å². The first-order valence-electron chi connectivity index (χ1n) is 7.99. The minimum atomic E-state index is -5.21. The Balaban J connectivity index is 2.14. The van der Waals surface area contributed by atoms with Crippen LogP contribution in [0.2, 0.25) is 0 Å². The van der Waals surface area contributed by atoms with Gasteiger partial charge in [0.15, 0.2) is 12.0 Å².